The Morgan fingerprint density at radius 1 is 1.00 bits per heavy atom. The van der Waals surface area contributed by atoms with E-state index in [1.165, 1.54) is 6.92 Å². The van der Waals surface area contributed by atoms with Crippen molar-refractivity contribution >= 4 is 0 Å². The van der Waals surface area contributed by atoms with Crippen LogP contribution in [0.1, 0.15) is 22.8 Å². The minimum Gasteiger partial charge on any atom is -0.484 e. The molecule has 0 N–H and O–H groups in total. The standard InChI is InChI=1S/C12H8F6N2O2/c1-6-19-10(22-20-6)5-21-9-3-7(11(13,14)15)2-8(4-9)12(16,17)18/h2-4H,5H2,1H3. The molecule has 0 aliphatic rings. The largest absolute Gasteiger partial charge is 0.484 e. The highest BCUT2D eigenvalue weighted by atomic mass is 19.4. The smallest absolute Gasteiger partial charge is 0.416 e. The van der Waals surface area contributed by atoms with E-state index in [1.54, 1.807) is 0 Å². The van der Waals surface area contributed by atoms with Crippen molar-refractivity contribution in [2.24, 2.45) is 0 Å². The van der Waals surface area contributed by atoms with Crippen LogP contribution < -0.4 is 4.74 Å². The van der Waals surface area contributed by atoms with Crippen LogP contribution in [-0.2, 0) is 19.0 Å². The molecule has 0 saturated heterocycles. The zero-order valence-electron chi connectivity index (χ0n) is 10.9. The molecule has 0 spiro atoms. The molecule has 0 saturated carbocycles. The number of benzene rings is 1. The highest BCUT2D eigenvalue weighted by molar-refractivity contribution is 5.37. The number of halogens is 6. The fourth-order valence-corrected chi connectivity index (χ4v) is 1.55. The first kappa shape index (κ1) is 16.1. The number of ether oxygens (including phenoxy) is 1. The van der Waals surface area contributed by atoms with Gasteiger partial charge in [-0.25, -0.2) is 0 Å². The maximum absolute atomic E-state index is 12.6. The number of rotatable bonds is 3. The zero-order valence-corrected chi connectivity index (χ0v) is 10.9. The Kier molecular flexibility index (Phi) is 4.03. The SMILES string of the molecule is Cc1noc(COc2cc(C(F)(F)F)cc(C(F)(F)F)c2)n1. The zero-order chi connectivity index (χ0) is 16.5. The minimum atomic E-state index is -4.93. The van der Waals surface area contributed by atoms with Crippen molar-refractivity contribution in [3.05, 3.63) is 41.0 Å². The summed E-state index contributed by atoms with van der Waals surface area (Å²) in [4.78, 5) is 3.72. The Morgan fingerprint density at radius 2 is 1.55 bits per heavy atom. The Labute approximate surface area is 119 Å². The van der Waals surface area contributed by atoms with Gasteiger partial charge < -0.3 is 9.26 Å². The summed E-state index contributed by atoms with van der Waals surface area (Å²) in [6.45, 7) is 1.05. The predicted molar refractivity (Wildman–Crippen MR) is 59.8 cm³/mol. The molecule has 0 unspecified atom stereocenters. The van der Waals surface area contributed by atoms with Gasteiger partial charge in [-0.1, -0.05) is 5.16 Å². The van der Waals surface area contributed by atoms with E-state index in [4.69, 9.17) is 4.74 Å². The minimum absolute atomic E-state index is 0.0176. The van der Waals surface area contributed by atoms with E-state index in [0.717, 1.165) is 0 Å². The second-order valence-corrected chi connectivity index (χ2v) is 4.27. The van der Waals surface area contributed by atoms with Gasteiger partial charge in [0, 0.05) is 0 Å². The number of nitrogens with zero attached hydrogens (tertiary/aromatic N) is 2. The van der Waals surface area contributed by atoms with Crippen LogP contribution in [0.4, 0.5) is 26.3 Å². The second kappa shape index (κ2) is 5.50. The number of aryl methyl sites for hydroxylation is 1. The summed E-state index contributed by atoms with van der Waals surface area (Å²) in [7, 11) is 0. The molecular weight excluding hydrogens is 318 g/mol. The lowest BCUT2D eigenvalue weighted by molar-refractivity contribution is -0.143. The van der Waals surface area contributed by atoms with E-state index in [1.807, 2.05) is 0 Å². The van der Waals surface area contributed by atoms with Gasteiger partial charge in [-0.15, -0.1) is 0 Å². The van der Waals surface area contributed by atoms with Crippen LogP contribution in [0.25, 0.3) is 0 Å². The summed E-state index contributed by atoms with van der Waals surface area (Å²) in [6, 6.07) is 0.959. The molecule has 1 aromatic carbocycles. The van der Waals surface area contributed by atoms with Crippen LogP contribution in [-0.4, -0.2) is 10.1 Å². The molecule has 22 heavy (non-hydrogen) atoms. The van der Waals surface area contributed by atoms with Crippen molar-refractivity contribution in [3.63, 3.8) is 0 Å². The van der Waals surface area contributed by atoms with E-state index in [0.29, 0.717) is 12.1 Å². The fourth-order valence-electron chi connectivity index (χ4n) is 1.55. The molecule has 0 fully saturated rings. The van der Waals surface area contributed by atoms with E-state index in [9.17, 15) is 26.3 Å². The first-order valence-corrected chi connectivity index (χ1v) is 5.77. The molecule has 2 rings (SSSR count). The summed E-state index contributed by atoms with van der Waals surface area (Å²) < 4.78 is 85.4. The highest BCUT2D eigenvalue weighted by Crippen LogP contribution is 2.38. The third-order valence-corrected chi connectivity index (χ3v) is 2.49. The molecule has 10 heteroatoms. The van der Waals surface area contributed by atoms with Crippen molar-refractivity contribution in [1.82, 2.24) is 10.1 Å². The molecule has 0 atom stereocenters. The first-order valence-electron chi connectivity index (χ1n) is 5.77. The van der Waals surface area contributed by atoms with Gasteiger partial charge in [-0.2, -0.15) is 31.3 Å². The Morgan fingerprint density at radius 3 is 1.95 bits per heavy atom. The number of alkyl halides is 6. The van der Waals surface area contributed by atoms with Crippen molar-refractivity contribution in [2.45, 2.75) is 25.9 Å². The third-order valence-electron chi connectivity index (χ3n) is 2.49. The van der Waals surface area contributed by atoms with Gasteiger partial charge in [0.1, 0.15) is 5.75 Å². The number of aromatic nitrogens is 2. The van der Waals surface area contributed by atoms with Crippen LogP contribution in [0, 0.1) is 6.92 Å². The molecule has 0 amide bonds. The van der Waals surface area contributed by atoms with Gasteiger partial charge in [-0.05, 0) is 25.1 Å². The van der Waals surface area contributed by atoms with E-state index in [2.05, 4.69) is 14.7 Å². The van der Waals surface area contributed by atoms with Gasteiger partial charge in [-0.3, -0.25) is 0 Å². The molecule has 2 aromatic rings. The topological polar surface area (TPSA) is 48.2 Å². The normalized spacial score (nSPS) is 12.5. The molecule has 1 aromatic heterocycles. The van der Waals surface area contributed by atoms with Gasteiger partial charge in [0.2, 0.25) is 0 Å². The highest BCUT2D eigenvalue weighted by Gasteiger charge is 2.37. The van der Waals surface area contributed by atoms with E-state index >= 15 is 0 Å². The lowest BCUT2D eigenvalue weighted by Crippen LogP contribution is -2.11. The summed E-state index contributed by atoms with van der Waals surface area (Å²) in [5.74, 6) is -0.403. The van der Waals surface area contributed by atoms with Crippen LogP contribution in [0.5, 0.6) is 5.75 Å². The Balaban J connectivity index is 2.29. The predicted octanol–water partition coefficient (Wildman–Crippen LogP) is 3.99. The Bertz CT molecular complexity index is 630. The fraction of sp³-hybridized carbons (Fsp3) is 0.333. The molecule has 0 radical (unpaired) electrons. The molecular formula is C12H8F6N2O2. The lowest BCUT2D eigenvalue weighted by atomic mass is 10.1. The second-order valence-electron chi connectivity index (χ2n) is 4.27. The number of hydrogen-bond donors (Lipinski definition) is 0. The van der Waals surface area contributed by atoms with Crippen molar-refractivity contribution in [3.8, 4) is 5.75 Å². The van der Waals surface area contributed by atoms with Gasteiger partial charge >= 0.3 is 12.4 Å². The molecule has 0 aliphatic heterocycles. The van der Waals surface area contributed by atoms with Gasteiger partial charge in [0.15, 0.2) is 12.4 Å². The summed E-state index contributed by atoms with van der Waals surface area (Å²) in [5, 5.41) is 3.42. The molecule has 0 aliphatic carbocycles. The van der Waals surface area contributed by atoms with Gasteiger partial charge in [0.25, 0.3) is 5.89 Å². The average Bonchev–Trinajstić information content (AvgIpc) is 2.80. The van der Waals surface area contributed by atoms with E-state index < -0.39 is 35.8 Å². The average molecular weight is 326 g/mol. The molecule has 1 heterocycles. The van der Waals surface area contributed by atoms with Crippen LogP contribution in [0.15, 0.2) is 22.7 Å². The number of hydrogen-bond acceptors (Lipinski definition) is 4. The molecule has 120 valence electrons. The van der Waals surface area contributed by atoms with Crippen molar-refractivity contribution in [2.75, 3.05) is 0 Å². The van der Waals surface area contributed by atoms with E-state index in [-0.39, 0.29) is 17.8 Å². The first-order chi connectivity index (χ1) is 10.1. The summed E-state index contributed by atoms with van der Waals surface area (Å²) in [5.41, 5.74) is -2.92. The van der Waals surface area contributed by atoms with Crippen LogP contribution in [0.2, 0.25) is 0 Å². The van der Waals surface area contributed by atoms with Gasteiger partial charge in [0.05, 0.1) is 11.1 Å². The maximum Gasteiger partial charge on any atom is 0.416 e. The van der Waals surface area contributed by atoms with Crippen molar-refractivity contribution in [1.29, 1.82) is 0 Å². The van der Waals surface area contributed by atoms with Crippen LogP contribution >= 0.6 is 0 Å². The summed E-state index contributed by atoms with van der Waals surface area (Å²) in [6.07, 6.45) is -9.86. The third kappa shape index (κ3) is 3.89. The molecule has 0 bridgehead atoms. The lowest BCUT2D eigenvalue weighted by Gasteiger charge is -2.14. The quantitative estimate of drug-likeness (QED) is 0.800. The molecule has 4 nitrogen and oxygen atoms in total. The Hall–Kier alpha value is -2.26. The van der Waals surface area contributed by atoms with Crippen molar-refractivity contribution < 1.29 is 35.6 Å². The van der Waals surface area contributed by atoms with Crippen LogP contribution in [0.3, 0.4) is 0 Å². The summed E-state index contributed by atoms with van der Waals surface area (Å²) >= 11 is 0. The monoisotopic (exact) mass is 326 g/mol. The maximum atomic E-state index is 12.6.